The number of nitrogens with one attached hydrogen (secondary N) is 1. The Morgan fingerprint density at radius 1 is 1.45 bits per heavy atom. The van der Waals surface area contributed by atoms with Gasteiger partial charge in [0.1, 0.15) is 5.82 Å². The van der Waals surface area contributed by atoms with E-state index in [1.165, 1.54) is 12.8 Å². The number of anilines is 1. The molecule has 1 heterocycles. The molecule has 1 aromatic rings. The largest absolute Gasteiger partial charge is 0.354 e. The molecule has 0 saturated heterocycles. The topological polar surface area (TPSA) is 28.2 Å². The van der Waals surface area contributed by atoms with Gasteiger partial charge in [-0.15, -0.1) is 0 Å². The fraction of sp³-hybridized carbons (Fsp3) is 0.688. The Bertz CT molecular complexity index is 430. The third-order valence-corrected chi connectivity index (χ3v) is 3.88. The molecule has 112 valence electrons. The Morgan fingerprint density at radius 2 is 2.20 bits per heavy atom. The van der Waals surface area contributed by atoms with Crippen molar-refractivity contribution < 1.29 is 0 Å². The SMILES string of the molecule is CCCN(c1cc(CNCC(C)C)c(Cl)cn1)C1CC1. The zero-order chi connectivity index (χ0) is 14.5. The lowest BCUT2D eigenvalue weighted by Crippen LogP contribution is -2.27. The molecule has 3 nitrogen and oxygen atoms in total. The van der Waals surface area contributed by atoms with Crippen molar-refractivity contribution in [2.75, 3.05) is 18.0 Å². The van der Waals surface area contributed by atoms with Crippen LogP contribution in [0.3, 0.4) is 0 Å². The van der Waals surface area contributed by atoms with Crippen LogP contribution in [-0.2, 0) is 6.54 Å². The van der Waals surface area contributed by atoms with Gasteiger partial charge in [-0.25, -0.2) is 4.98 Å². The van der Waals surface area contributed by atoms with Gasteiger partial charge in [0.25, 0.3) is 0 Å². The zero-order valence-corrected chi connectivity index (χ0v) is 13.6. The van der Waals surface area contributed by atoms with Gasteiger partial charge in [0.15, 0.2) is 0 Å². The highest BCUT2D eigenvalue weighted by atomic mass is 35.5. The van der Waals surface area contributed by atoms with Crippen molar-refractivity contribution in [2.24, 2.45) is 5.92 Å². The van der Waals surface area contributed by atoms with Gasteiger partial charge in [-0.3, -0.25) is 0 Å². The van der Waals surface area contributed by atoms with Crippen molar-refractivity contribution in [3.8, 4) is 0 Å². The molecule has 1 fully saturated rings. The number of hydrogen-bond donors (Lipinski definition) is 1. The van der Waals surface area contributed by atoms with Crippen LogP contribution in [0.1, 0.15) is 45.6 Å². The highest BCUT2D eigenvalue weighted by molar-refractivity contribution is 6.31. The average Bonchev–Trinajstić information content (AvgIpc) is 3.22. The molecule has 0 amide bonds. The maximum absolute atomic E-state index is 6.27. The van der Waals surface area contributed by atoms with E-state index >= 15 is 0 Å². The third kappa shape index (κ3) is 4.35. The minimum atomic E-state index is 0.651. The zero-order valence-electron chi connectivity index (χ0n) is 12.8. The van der Waals surface area contributed by atoms with E-state index in [-0.39, 0.29) is 0 Å². The molecule has 20 heavy (non-hydrogen) atoms. The molecule has 0 radical (unpaired) electrons. The van der Waals surface area contributed by atoms with Crippen molar-refractivity contribution >= 4 is 17.4 Å². The predicted octanol–water partition coefficient (Wildman–Crippen LogP) is 3.86. The van der Waals surface area contributed by atoms with Crippen LogP contribution in [0.25, 0.3) is 0 Å². The maximum atomic E-state index is 6.27. The van der Waals surface area contributed by atoms with E-state index in [1.807, 2.05) is 0 Å². The van der Waals surface area contributed by atoms with Gasteiger partial charge in [0.2, 0.25) is 0 Å². The van der Waals surface area contributed by atoms with Gasteiger partial charge in [0.05, 0.1) is 5.02 Å². The van der Waals surface area contributed by atoms with Crippen molar-refractivity contribution in [1.29, 1.82) is 0 Å². The van der Waals surface area contributed by atoms with E-state index < -0.39 is 0 Å². The molecule has 1 aliphatic rings. The Balaban J connectivity index is 2.06. The summed E-state index contributed by atoms with van der Waals surface area (Å²) in [5.74, 6) is 1.73. The molecule has 1 N–H and O–H groups in total. The monoisotopic (exact) mass is 295 g/mol. The third-order valence-electron chi connectivity index (χ3n) is 3.53. The Labute approximate surface area is 127 Å². The van der Waals surface area contributed by atoms with E-state index in [0.29, 0.717) is 12.0 Å². The minimum absolute atomic E-state index is 0.651. The summed E-state index contributed by atoms with van der Waals surface area (Å²) in [6, 6.07) is 2.85. The van der Waals surface area contributed by atoms with Gasteiger partial charge in [-0.2, -0.15) is 0 Å². The molecular formula is C16H26ClN3. The fourth-order valence-electron chi connectivity index (χ4n) is 2.37. The lowest BCUT2D eigenvalue weighted by atomic mass is 10.2. The second kappa shape index (κ2) is 7.28. The first-order valence-corrected chi connectivity index (χ1v) is 8.11. The minimum Gasteiger partial charge on any atom is -0.354 e. The normalized spacial score (nSPS) is 14.8. The van der Waals surface area contributed by atoms with E-state index in [4.69, 9.17) is 11.6 Å². The number of rotatable bonds is 8. The van der Waals surface area contributed by atoms with E-state index in [1.54, 1.807) is 6.20 Å². The first-order chi connectivity index (χ1) is 9.61. The Hall–Kier alpha value is -0.800. The second-order valence-electron chi connectivity index (χ2n) is 6.08. The smallest absolute Gasteiger partial charge is 0.129 e. The van der Waals surface area contributed by atoms with Crippen LogP contribution >= 0.6 is 11.6 Å². The van der Waals surface area contributed by atoms with Crippen molar-refractivity contribution in [3.63, 3.8) is 0 Å². The molecule has 0 unspecified atom stereocenters. The molecule has 1 saturated carbocycles. The summed E-state index contributed by atoms with van der Waals surface area (Å²) in [6.45, 7) is 9.55. The first kappa shape index (κ1) is 15.6. The second-order valence-corrected chi connectivity index (χ2v) is 6.49. The average molecular weight is 296 g/mol. The summed E-state index contributed by atoms with van der Waals surface area (Å²) in [5, 5.41) is 4.22. The van der Waals surface area contributed by atoms with Crippen LogP contribution in [0.4, 0.5) is 5.82 Å². The van der Waals surface area contributed by atoms with Crippen LogP contribution in [-0.4, -0.2) is 24.1 Å². The maximum Gasteiger partial charge on any atom is 0.129 e. The quantitative estimate of drug-likeness (QED) is 0.789. The van der Waals surface area contributed by atoms with E-state index in [9.17, 15) is 0 Å². The summed E-state index contributed by atoms with van der Waals surface area (Å²) in [5.41, 5.74) is 1.15. The summed E-state index contributed by atoms with van der Waals surface area (Å²) in [6.07, 6.45) is 5.55. The summed E-state index contributed by atoms with van der Waals surface area (Å²) >= 11 is 6.27. The van der Waals surface area contributed by atoms with Crippen molar-refractivity contribution in [1.82, 2.24) is 10.3 Å². The number of halogens is 1. The Morgan fingerprint density at radius 3 is 2.80 bits per heavy atom. The van der Waals surface area contributed by atoms with Crippen molar-refractivity contribution in [3.05, 3.63) is 22.8 Å². The molecular weight excluding hydrogens is 270 g/mol. The predicted molar refractivity (Wildman–Crippen MR) is 86.5 cm³/mol. The molecule has 0 atom stereocenters. The molecule has 1 aliphatic carbocycles. The summed E-state index contributed by atoms with van der Waals surface area (Å²) in [4.78, 5) is 6.96. The van der Waals surface area contributed by atoms with Gasteiger partial charge in [0, 0.05) is 25.3 Å². The van der Waals surface area contributed by atoms with Gasteiger partial charge in [-0.05, 0) is 43.4 Å². The molecule has 0 spiro atoms. The van der Waals surface area contributed by atoms with Crippen LogP contribution in [0.2, 0.25) is 5.02 Å². The summed E-state index contributed by atoms with van der Waals surface area (Å²) in [7, 11) is 0. The number of hydrogen-bond acceptors (Lipinski definition) is 3. The fourth-order valence-corrected chi connectivity index (χ4v) is 2.54. The van der Waals surface area contributed by atoms with Gasteiger partial charge < -0.3 is 10.2 Å². The first-order valence-electron chi connectivity index (χ1n) is 7.73. The molecule has 1 aromatic heterocycles. The van der Waals surface area contributed by atoms with Gasteiger partial charge >= 0.3 is 0 Å². The standard InChI is InChI=1S/C16H26ClN3/c1-4-7-20(14-5-6-14)16-8-13(15(17)11-19-16)10-18-9-12(2)3/h8,11-12,14,18H,4-7,9-10H2,1-3H3. The van der Waals surface area contributed by atoms with Gasteiger partial charge in [-0.1, -0.05) is 32.4 Å². The Kier molecular flexibility index (Phi) is 5.67. The number of aromatic nitrogens is 1. The van der Waals surface area contributed by atoms with Crippen LogP contribution in [0, 0.1) is 5.92 Å². The molecule has 0 aromatic carbocycles. The van der Waals surface area contributed by atoms with Crippen LogP contribution in [0.15, 0.2) is 12.3 Å². The van der Waals surface area contributed by atoms with E-state index in [0.717, 1.165) is 42.5 Å². The lowest BCUT2D eigenvalue weighted by Gasteiger charge is -2.23. The number of pyridine rings is 1. The van der Waals surface area contributed by atoms with Crippen LogP contribution in [0.5, 0.6) is 0 Å². The van der Waals surface area contributed by atoms with Crippen molar-refractivity contribution in [2.45, 2.75) is 52.6 Å². The molecule has 0 aliphatic heterocycles. The number of nitrogens with zero attached hydrogens (tertiary/aromatic N) is 2. The highest BCUT2D eigenvalue weighted by Gasteiger charge is 2.29. The molecule has 0 bridgehead atoms. The summed E-state index contributed by atoms with van der Waals surface area (Å²) < 4.78 is 0. The van der Waals surface area contributed by atoms with Crippen LogP contribution < -0.4 is 10.2 Å². The highest BCUT2D eigenvalue weighted by Crippen LogP contribution is 2.32. The molecule has 4 heteroatoms. The molecule has 2 rings (SSSR count). The lowest BCUT2D eigenvalue weighted by molar-refractivity contribution is 0.552. The van der Waals surface area contributed by atoms with E-state index in [2.05, 4.69) is 42.0 Å².